The summed E-state index contributed by atoms with van der Waals surface area (Å²) >= 11 is 0. The zero-order valence-electron chi connectivity index (χ0n) is 15.7. The molecule has 1 N–H and O–H groups in total. The molecule has 3 heterocycles. The molecule has 1 aromatic heterocycles. The average Bonchev–Trinajstić information content (AvgIpc) is 3.09. The Kier molecular flexibility index (Phi) is 7.39. The molecule has 162 valence electrons. The van der Waals surface area contributed by atoms with Crippen molar-refractivity contribution in [3.8, 4) is 5.88 Å². The fourth-order valence-electron chi connectivity index (χ4n) is 3.38. The molecule has 11 heteroatoms. The highest BCUT2D eigenvalue weighted by Crippen LogP contribution is 2.41. The SMILES string of the molecule is CCC(=O)N1CC[C@H]2OCC[C@@]2(COc2ncccc2F)C1.O=C(O)C(F)(F)F. The Hall–Kier alpha value is -2.43. The van der Waals surface area contributed by atoms with Crippen molar-refractivity contribution in [1.82, 2.24) is 9.88 Å². The number of rotatable bonds is 4. The minimum absolute atomic E-state index is 0.0152. The maximum atomic E-state index is 13.7. The predicted octanol–water partition coefficient (Wildman–Crippen LogP) is 2.65. The van der Waals surface area contributed by atoms with E-state index in [9.17, 15) is 22.4 Å². The highest BCUT2D eigenvalue weighted by atomic mass is 19.4. The quantitative estimate of drug-likeness (QED) is 0.751. The minimum atomic E-state index is -5.08. The number of ether oxygens (including phenoxy) is 2. The van der Waals surface area contributed by atoms with Crippen LogP contribution in [0, 0.1) is 11.2 Å². The molecule has 3 rings (SSSR count). The van der Waals surface area contributed by atoms with Crippen molar-refractivity contribution in [2.24, 2.45) is 5.41 Å². The Morgan fingerprint density at radius 3 is 2.72 bits per heavy atom. The second-order valence-electron chi connectivity index (χ2n) is 6.81. The molecule has 29 heavy (non-hydrogen) atoms. The van der Waals surface area contributed by atoms with Crippen LogP contribution in [0.5, 0.6) is 5.88 Å². The summed E-state index contributed by atoms with van der Waals surface area (Å²) in [5, 5.41) is 7.12. The van der Waals surface area contributed by atoms with E-state index >= 15 is 0 Å². The van der Waals surface area contributed by atoms with E-state index < -0.39 is 18.0 Å². The van der Waals surface area contributed by atoms with Gasteiger partial charge in [0.1, 0.15) is 0 Å². The van der Waals surface area contributed by atoms with E-state index in [-0.39, 0.29) is 23.3 Å². The number of carboxylic acid groups (broad SMARTS) is 1. The molecule has 1 amide bonds. The topological polar surface area (TPSA) is 89.0 Å². The molecule has 1 aromatic rings. The Balaban J connectivity index is 0.000000370. The number of halogens is 4. The van der Waals surface area contributed by atoms with Crippen molar-refractivity contribution in [3.05, 3.63) is 24.1 Å². The number of alkyl halides is 3. The first-order valence-electron chi connectivity index (χ1n) is 9.02. The van der Waals surface area contributed by atoms with E-state index in [0.29, 0.717) is 26.2 Å². The number of carbonyl (C=O) groups is 2. The van der Waals surface area contributed by atoms with Gasteiger partial charge in [0.05, 0.1) is 18.1 Å². The molecule has 0 spiro atoms. The van der Waals surface area contributed by atoms with Crippen molar-refractivity contribution in [2.75, 3.05) is 26.3 Å². The number of carbonyl (C=O) groups excluding carboxylic acids is 1. The van der Waals surface area contributed by atoms with Crippen LogP contribution in [0.4, 0.5) is 17.6 Å². The third-order valence-corrected chi connectivity index (χ3v) is 4.89. The monoisotopic (exact) mass is 422 g/mol. The summed E-state index contributed by atoms with van der Waals surface area (Å²) in [6.07, 6.45) is -1.39. The maximum Gasteiger partial charge on any atom is 0.490 e. The van der Waals surface area contributed by atoms with Crippen LogP contribution in [0.3, 0.4) is 0 Å². The summed E-state index contributed by atoms with van der Waals surface area (Å²) < 4.78 is 56.8. The van der Waals surface area contributed by atoms with Crippen LogP contribution < -0.4 is 4.74 Å². The molecule has 2 saturated heterocycles. The molecule has 0 aromatic carbocycles. The van der Waals surface area contributed by atoms with Crippen molar-refractivity contribution < 1.29 is 41.7 Å². The summed E-state index contributed by atoms with van der Waals surface area (Å²) in [4.78, 5) is 26.7. The zero-order valence-corrected chi connectivity index (χ0v) is 15.7. The molecule has 2 aliphatic heterocycles. The fraction of sp³-hybridized carbons (Fsp3) is 0.611. The molecule has 0 aliphatic carbocycles. The second kappa shape index (κ2) is 9.38. The average molecular weight is 422 g/mol. The number of fused-ring (bicyclic) bond motifs is 1. The van der Waals surface area contributed by atoms with E-state index in [2.05, 4.69) is 4.98 Å². The van der Waals surface area contributed by atoms with Gasteiger partial charge in [0.2, 0.25) is 11.8 Å². The number of likely N-dealkylation sites (tertiary alicyclic amines) is 1. The van der Waals surface area contributed by atoms with Gasteiger partial charge in [0.25, 0.3) is 0 Å². The lowest BCUT2D eigenvalue weighted by Crippen LogP contribution is -2.54. The van der Waals surface area contributed by atoms with Crippen LogP contribution in [0.25, 0.3) is 0 Å². The standard InChI is InChI=1S/C16H21FN2O3.C2HF3O2/c1-2-14(20)19-8-5-13-16(10-19,6-9-21-13)11-22-15-12(17)4-3-7-18-15;3-2(4,5)1(6)7/h3-4,7,13H,2,5-6,8-11H2,1H3;(H,6,7)/t13-,16+;/m1./s1. The lowest BCUT2D eigenvalue weighted by Gasteiger charge is -2.43. The Bertz CT molecular complexity index is 730. The number of piperidine rings is 1. The van der Waals surface area contributed by atoms with Gasteiger partial charge in [-0.1, -0.05) is 6.92 Å². The maximum absolute atomic E-state index is 13.7. The van der Waals surface area contributed by atoms with Gasteiger partial charge in [-0.2, -0.15) is 13.2 Å². The first kappa shape index (κ1) is 22.9. The summed E-state index contributed by atoms with van der Waals surface area (Å²) in [5.41, 5.74) is -0.257. The van der Waals surface area contributed by atoms with Crippen LogP contribution in [-0.2, 0) is 14.3 Å². The van der Waals surface area contributed by atoms with Gasteiger partial charge < -0.3 is 19.5 Å². The van der Waals surface area contributed by atoms with E-state index in [1.807, 2.05) is 11.8 Å². The molecule has 7 nitrogen and oxygen atoms in total. The normalized spacial score (nSPS) is 23.6. The van der Waals surface area contributed by atoms with Crippen LogP contribution in [-0.4, -0.2) is 65.5 Å². The van der Waals surface area contributed by atoms with E-state index in [4.69, 9.17) is 19.4 Å². The fourth-order valence-corrected chi connectivity index (χ4v) is 3.38. The van der Waals surface area contributed by atoms with Crippen LogP contribution in [0.1, 0.15) is 26.2 Å². The Morgan fingerprint density at radius 1 is 1.45 bits per heavy atom. The van der Waals surface area contributed by atoms with E-state index in [0.717, 1.165) is 19.4 Å². The van der Waals surface area contributed by atoms with Gasteiger partial charge >= 0.3 is 12.1 Å². The number of carboxylic acids is 1. The number of nitrogens with zero attached hydrogens (tertiary/aromatic N) is 2. The number of hydrogen-bond donors (Lipinski definition) is 1. The van der Waals surface area contributed by atoms with E-state index in [1.54, 1.807) is 0 Å². The van der Waals surface area contributed by atoms with Crippen LogP contribution in [0.15, 0.2) is 18.3 Å². The lowest BCUT2D eigenvalue weighted by molar-refractivity contribution is -0.192. The molecule has 0 saturated carbocycles. The second-order valence-corrected chi connectivity index (χ2v) is 6.81. The highest BCUT2D eigenvalue weighted by Gasteiger charge is 2.49. The van der Waals surface area contributed by atoms with Gasteiger partial charge in [-0.05, 0) is 25.0 Å². The summed E-state index contributed by atoms with van der Waals surface area (Å²) in [5.74, 6) is -3.06. The first-order valence-corrected chi connectivity index (χ1v) is 9.02. The van der Waals surface area contributed by atoms with Crippen molar-refractivity contribution in [3.63, 3.8) is 0 Å². The van der Waals surface area contributed by atoms with Gasteiger partial charge in [0.15, 0.2) is 5.82 Å². The molecule has 0 bridgehead atoms. The number of aromatic nitrogens is 1. The minimum Gasteiger partial charge on any atom is -0.475 e. The first-order chi connectivity index (χ1) is 13.6. The molecule has 2 atom stereocenters. The van der Waals surface area contributed by atoms with Gasteiger partial charge in [-0.25, -0.2) is 14.2 Å². The molecule has 2 aliphatic rings. The zero-order chi connectivity index (χ0) is 21.7. The van der Waals surface area contributed by atoms with Crippen molar-refractivity contribution >= 4 is 11.9 Å². The highest BCUT2D eigenvalue weighted by molar-refractivity contribution is 5.76. The lowest BCUT2D eigenvalue weighted by atomic mass is 9.77. The van der Waals surface area contributed by atoms with Gasteiger partial charge in [-0.3, -0.25) is 4.79 Å². The smallest absolute Gasteiger partial charge is 0.475 e. The molecule has 0 unspecified atom stereocenters. The Labute approximate surface area is 164 Å². The molecule has 2 fully saturated rings. The molecular formula is C18H22F4N2O5. The predicted molar refractivity (Wildman–Crippen MR) is 91.7 cm³/mol. The van der Waals surface area contributed by atoms with Crippen molar-refractivity contribution in [2.45, 2.75) is 38.5 Å². The van der Waals surface area contributed by atoms with Crippen molar-refractivity contribution in [1.29, 1.82) is 0 Å². The summed E-state index contributed by atoms with van der Waals surface area (Å²) in [7, 11) is 0. The van der Waals surface area contributed by atoms with Crippen LogP contribution in [0.2, 0.25) is 0 Å². The number of pyridine rings is 1. The van der Waals surface area contributed by atoms with Crippen LogP contribution >= 0.6 is 0 Å². The van der Waals surface area contributed by atoms with Gasteiger partial charge in [-0.15, -0.1) is 0 Å². The number of amides is 1. The molecular weight excluding hydrogens is 400 g/mol. The number of aliphatic carboxylic acids is 1. The summed E-state index contributed by atoms with van der Waals surface area (Å²) in [6, 6.07) is 2.86. The third kappa shape index (κ3) is 5.78. The van der Waals surface area contributed by atoms with Gasteiger partial charge in [0, 0.05) is 32.3 Å². The third-order valence-electron chi connectivity index (χ3n) is 4.89. The Morgan fingerprint density at radius 2 is 2.14 bits per heavy atom. The largest absolute Gasteiger partial charge is 0.490 e. The number of hydrogen-bond acceptors (Lipinski definition) is 5. The molecule has 0 radical (unpaired) electrons. The summed E-state index contributed by atoms with van der Waals surface area (Å²) in [6.45, 7) is 4.17. The van der Waals surface area contributed by atoms with E-state index in [1.165, 1.54) is 18.3 Å².